The van der Waals surface area contributed by atoms with Gasteiger partial charge in [0, 0.05) is 32.3 Å². The van der Waals surface area contributed by atoms with Crippen LogP contribution in [-0.4, -0.2) is 80.9 Å². The highest BCUT2D eigenvalue weighted by atomic mass is 19.1. The number of methoxy groups -OCH3 is 2. The summed E-state index contributed by atoms with van der Waals surface area (Å²) in [5, 5.41) is 6.01. The van der Waals surface area contributed by atoms with Crippen LogP contribution in [0.3, 0.4) is 0 Å². The number of nitrogens with zero attached hydrogens (tertiary/aromatic N) is 4. The molecule has 264 valence electrons. The molecule has 1 saturated heterocycles. The number of benzene rings is 1. The number of fused-ring (bicyclic) bond motifs is 1. The number of carbonyl (C=O) groups is 3. The molecule has 50 heavy (non-hydrogen) atoms. The normalized spacial score (nSPS) is 13.1. The molecule has 0 bridgehead atoms. The van der Waals surface area contributed by atoms with E-state index in [1.165, 1.54) is 25.5 Å². The van der Waals surface area contributed by atoms with Crippen molar-refractivity contribution in [2.75, 3.05) is 68.0 Å². The van der Waals surface area contributed by atoms with Gasteiger partial charge in [-0.1, -0.05) is 6.58 Å². The van der Waals surface area contributed by atoms with E-state index in [0.717, 1.165) is 31.3 Å². The average Bonchev–Trinajstić information content (AvgIpc) is 3.47. The molecule has 1 aliphatic rings. The lowest BCUT2D eigenvalue weighted by Gasteiger charge is -2.28. The van der Waals surface area contributed by atoms with Crippen LogP contribution in [0.4, 0.5) is 42.3 Å². The van der Waals surface area contributed by atoms with Gasteiger partial charge in [0.1, 0.15) is 28.5 Å². The van der Waals surface area contributed by atoms with E-state index < -0.39 is 57.8 Å². The van der Waals surface area contributed by atoms with Gasteiger partial charge in [-0.2, -0.15) is 0 Å². The first kappa shape index (κ1) is 35.5. The Bertz CT molecular complexity index is 1940. The minimum atomic E-state index is -1.30. The molecular weight excluding hydrogens is 658 g/mol. The van der Waals surface area contributed by atoms with Crippen LogP contribution in [0.25, 0.3) is 11.0 Å². The number of ether oxygens (including phenoxy) is 4. The van der Waals surface area contributed by atoms with Crippen molar-refractivity contribution >= 4 is 57.5 Å². The topological polar surface area (TPSA) is 158 Å². The molecule has 14 nitrogen and oxygen atoms in total. The first-order valence-electron chi connectivity index (χ1n) is 15.3. The summed E-state index contributed by atoms with van der Waals surface area (Å²) in [5.74, 6) is -5.03. The molecule has 0 aliphatic carbocycles. The summed E-state index contributed by atoms with van der Waals surface area (Å²) in [7, 11) is 3.61. The van der Waals surface area contributed by atoms with Gasteiger partial charge in [0.25, 0.3) is 0 Å². The van der Waals surface area contributed by atoms with Gasteiger partial charge >= 0.3 is 6.09 Å². The summed E-state index contributed by atoms with van der Waals surface area (Å²) >= 11 is 0. The van der Waals surface area contributed by atoms with Gasteiger partial charge in [0.15, 0.2) is 34.5 Å². The summed E-state index contributed by atoms with van der Waals surface area (Å²) in [6, 6.07) is 4.11. The number of rotatable bonds is 10. The second-order valence-corrected chi connectivity index (χ2v) is 12.0. The number of morpholine rings is 1. The number of furan rings is 1. The number of nitrogens with one attached hydrogen (secondary N) is 2. The van der Waals surface area contributed by atoms with Crippen LogP contribution in [0.15, 0.2) is 47.7 Å². The molecule has 16 heteroatoms. The van der Waals surface area contributed by atoms with Crippen molar-refractivity contribution in [1.29, 1.82) is 0 Å². The molecule has 1 aromatic carbocycles. The molecule has 5 rings (SSSR count). The molecule has 1 fully saturated rings. The van der Waals surface area contributed by atoms with Gasteiger partial charge in [-0.05, 0) is 32.9 Å². The van der Waals surface area contributed by atoms with Crippen molar-refractivity contribution in [3.63, 3.8) is 0 Å². The highest BCUT2D eigenvalue weighted by molar-refractivity contribution is 6.18. The minimum Gasteiger partial charge on any atom is -0.494 e. The molecule has 0 radical (unpaired) electrons. The maximum atomic E-state index is 15.5. The van der Waals surface area contributed by atoms with Crippen molar-refractivity contribution in [2.45, 2.75) is 26.4 Å². The number of halogens is 2. The zero-order chi connectivity index (χ0) is 36.3. The molecule has 0 unspecified atom stereocenters. The molecular formula is C34H36F2N6O8. The van der Waals surface area contributed by atoms with E-state index in [9.17, 15) is 14.4 Å². The first-order valence-corrected chi connectivity index (χ1v) is 15.3. The number of pyridine rings is 2. The molecule has 2 N–H and O–H groups in total. The van der Waals surface area contributed by atoms with Gasteiger partial charge < -0.3 is 38.9 Å². The first-order chi connectivity index (χ1) is 23.8. The highest BCUT2D eigenvalue weighted by Gasteiger charge is 2.35. The third-order valence-electron chi connectivity index (χ3n) is 7.49. The van der Waals surface area contributed by atoms with E-state index in [1.54, 1.807) is 26.8 Å². The Labute approximate surface area is 285 Å². The lowest BCUT2D eigenvalue weighted by atomic mass is 10.0. The van der Waals surface area contributed by atoms with Crippen molar-refractivity contribution < 1.29 is 46.5 Å². The lowest BCUT2D eigenvalue weighted by Crippen LogP contribution is -2.36. The zero-order valence-electron chi connectivity index (χ0n) is 28.3. The summed E-state index contributed by atoms with van der Waals surface area (Å²) < 4.78 is 57.8. The van der Waals surface area contributed by atoms with E-state index in [1.807, 2.05) is 4.90 Å². The van der Waals surface area contributed by atoms with Crippen LogP contribution in [0.1, 0.15) is 36.9 Å². The number of anilines is 5. The van der Waals surface area contributed by atoms with Crippen molar-refractivity contribution in [3.05, 3.63) is 66.2 Å². The van der Waals surface area contributed by atoms with Gasteiger partial charge in [0.05, 0.1) is 56.6 Å². The molecule has 0 saturated carbocycles. The number of carbonyl (C=O) groups excluding carboxylic acids is 3. The maximum absolute atomic E-state index is 15.5. The Balaban J connectivity index is 1.63. The summed E-state index contributed by atoms with van der Waals surface area (Å²) in [4.78, 5) is 51.6. The van der Waals surface area contributed by atoms with Crippen LogP contribution < -0.4 is 29.9 Å². The predicted octanol–water partition coefficient (Wildman–Crippen LogP) is 5.83. The van der Waals surface area contributed by atoms with E-state index in [-0.39, 0.29) is 22.5 Å². The highest BCUT2D eigenvalue weighted by Crippen LogP contribution is 2.40. The minimum absolute atomic E-state index is 0.000889. The van der Waals surface area contributed by atoms with Gasteiger partial charge in [-0.3, -0.25) is 14.5 Å². The Morgan fingerprint density at radius 3 is 2.26 bits per heavy atom. The van der Waals surface area contributed by atoms with E-state index in [2.05, 4.69) is 27.2 Å². The van der Waals surface area contributed by atoms with Gasteiger partial charge in [-0.25, -0.2) is 23.5 Å². The van der Waals surface area contributed by atoms with Gasteiger partial charge in [-0.15, -0.1) is 0 Å². The van der Waals surface area contributed by atoms with Crippen molar-refractivity contribution in [2.24, 2.45) is 0 Å². The van der Waals surface area contributed by atoms with Crippen LogP contribution in [0.2, 0.25) is 0 Å². The number of hydrogen-bond acceptors (Lipinski definition) is 12. The molecule has 0 atom stereocenters. The SMILES string of the molecule is C=CC(=O)Nc1cc(N2CCOCC2)ncc1Nc1cc2c(N(C)C(=O)OC(C)(C)C)c(C(=O)c3c(F)c(OC)cc(OC)c3F)oc2cn1. The molecule has 0 spiro atoms. The monoisotopic (exact) mass is 694 g/mol. The molecule has 2 amide bonds. The van der Waals surface area contributed by atoms with Gasteiger partial charge in [0.2, 0.25) is 11.7 Å². The standard InChI is InChI=1S/C34H36F2N6O8/c1-8-26(43)40-19-14-25(42-9-11-48-12-10-42)38-16-20(19)39-24-13-18-23(17-37-24)49-32(30(18)41(5)33(45)50-34(2,3)4)31(44)27-28(35)21(46-6)15-22(47-7)29(27)36/h8,13-17H,1,9-12H2,2-7H3,(H,37,39)(H,38,40,43). The second kappa shape index (κ2) is 14.4. The Hall–Kier alpha value is -5.77. The predicted molar refractivity (Wildman–Crippen MR) is 181 cm³/mol. The Morgan fingerprint density at radius 1 is 1.00 bits per heavy atom. The molecule has 3 aromatic heterocycles. The van der Waals surface area contributed by atoms with E-state index >= 15 is 8.78 Å². The van der Waals surface area contributed by atoms with Crippen LogP contribution in [0, 0.1) is 11.6 Å². The van der Waals surface area contributed by atoms with Crippen LogP contribution >= 0.6 is 0 Å². The largest absolute Gasteiger partial charge is 0.494 e. The fourth-order valence-corrected chi connectivity index (χ4v) is 5.10. The fourth-order valence-electron chi connectivity index (χ4n) is 5.10. The summed E-state index contributed by atoms with van der Waals surface area (Å²) in [6.45, 7) is 10.7. The van der Waals surface area contributed by atoms with Crippen LogP contribution in [-0.2, 0) is 14.3 Å². The number of ketones is 1. The molecule has 4 heterocycles. The average molecular weight is 695 g/mol. The Morgan fingerprint density at radius 2 is 1.66 bits per heavy atom. The number of amides is 2. The third-order valence-corrected chi connectivity index (χ3v) is 7.49. The van der Waals surface area contributed by atoms with E-state index in [4.69, 9.17) is 23.4 Å². The number of aromatic nitrogens is 2. The summed E-state index contributed by atoms with van der Waals surface area (Å²) in [6.07, 6.45) is 3.00. The van der Waals surface area contributed by atoms with Crippen molar-refractivity contribution in [1.82, 2.24) is 9.97 Å². The van der Waals surface area contributed by atoms with E-state index in [0.29, 0.717) is 43.5 Å². The quantitative estimate of drug-likeness (QED) is 0.152. The van der Waals surface area contributed by atoms with Crippen LogP contribution in [0.5, 0.6) is 11.5 Å². The maximum Gasteiger partial charge on any atom is 0.414 e. The Kier molecular flexibility index (Phi) is 10.2. The summed E-state index contributed by atoms with van der Waals surface area (Å²) in [5.41, 5.74) is -1.42. The third kappa shape index (κ3) is 7.29. The molecule has 1 aliphatic heterocycles. The number of hydrogen-bond donors (Lipinski definition) is 2. The fraction of sp³-hybridized carbons (Fsp3) is 0.324. The molecule has 4 aromatic rings. The second-order valence-electron chi connectivity index (χ2n) is 12.0. The van der Waals surface area contributed by atoms with Crippen molar-refractivity contribution in [3.8, 4) is 11.5 Å². The zero-order valence-corrected chi connectivity index (χ0v) is 28.3. The smallest absolute Gasteiger partial charge is 0.414 e. The lowest BCUT2D eigenvalue weighted by molar-refractivity contribution is -0.111.